The Morgan fingerprint density at radius 3 is 2.78 bits per heavy atom. The van der Waals surface area contributed by atoms with Crippen LogP contribution in [0.15, 0.2) is 23.2 Å². The zero-order valence-corrected chi connectivity index (χ0v) is 13.7. The van der Waals surface area contributed by atoms with Crippen molar-refractivity contribution in [3.63, 3.8) is 0 Å². The van der Waals surface area contributed by atoms with E-state index in [0.29, 0.717) is 6.79 Å². The third-order valence-electron chi connectivity index (χ3n) is 4.98. The van der Waals surface area contributed by atoms with E-state index in [9.17, 15) is 0 Å². The highest BCUT2D eigenvalue weighted by Crippen LogP contribution is 2.50. The lowest BCUT2D eigenvalue weighted by Crippen LogP contribution is -2.39. The first-order valence-corrected chi connectivity index (χ1v) is 8.71. The van der Waals surface area contributed by atoms with Crippen LogP contribution in [0.2, 0.25) is 0 Å². The summed E-state index contributed by atoms with van der Waals surface area (Å²) in [4.78, 5) is 4.84. The molecule has 2 saturated carbocycles. The molecule has 0 bridgehead atoms. The van der Waals surface area contributed by atoms with Crippen molar-refractivity contribution in [1.82, 2.24) is 10.6 Å². The number of hydrogen-bond donors (Lipinski definition) is 2. The van der Waals surface area contributed by atoms with E-state index in [1.54, 1.807) is 0 Å². The van der Waals surface area contributed by atoms with Crippen molar-refractivity contribution in [2.24, 2.45) is 10.9 Å². The average molecular weight is 315 g/mol. The van der Waals surface area contributed by atoms with Gasteiger partial charge < -0.3 is 20.1 Å². The Kier molecular flexibility index (Phi) is 3.79. The van der Waals surface area contributed by atoms with Gasteiger partial charge in [0, 0.05) is 18.5 Å². The summed E-state index contributed by atoms with van der Waals surface area (Å²) in [6, 6.07) is 6.33. The van der Waals surface area contributed by atoms with E-state index in [-0.39, 0.29) is 5.41 Å². The fourth-order valence-corrected chi connectivity index (χ4v) is 3.05. The Labute approximate surface area is 137 Å². The maximum Gasteiger partial charge on any atom is 0.231 e. The van der Waals surface area contributed by atoms with E-state index < -0.39 is 0 Å². The van der Waals surface area contributed by atoms with Crippen molar-refractivity contribution in [2.45, 2.75) is 38.0 Å². The third-order valence-corrected chi connectivity index (χ3v) is 4.98. The second kappa shape index (κ2) is 5.95. The molecule has 2 fully saturated rings. The molecule has 0 amide bonds. The van der Waals surface area contributed by atoms with Crippen LogP contribution in [0.5, 0.6) is 11.5 Å². The largest absolute Gasteiger partial charge is 0.454 e. The van der Waals surface area contributed by atoms with Crippen molar-refractivity contribution in [3.05, 3.63) is 23.8 Å². The van der Waals surface area contributed by atoms with Gasteiger partial charge in [-0.05, 0) is 56.2 Å². The number of nitrogens with one attached hydrogen (secondary N) is 2. The molecule has 0 unspecified atom stereocenters. The van der Waals surface area contributed by atoms with Gasteiger partial charge in [-0.3, -0.25) is 4.99 Å². The molecular formula is C18H25N3O2. The van der Waals surface area contributed by atoms with Crippen LogP contribution in [0, 0.1) is 5.92 Å². The first kappa shape index (κ1) is 14.7. The summed E-state index contributed by atoms with van der Waals surface area (Å²) in [5.41, 5.74) is 1.51. The van der Waals surface area contributed by atoms with Crippen LogP contribution in [0.1, 0.15) is 38.2 Å². The SMILES string of the molecule is CCNC(=NCC1(c2ccc3c(c2)OCO3)CC1)NCC1CC1. The van der Waals surface area contributed by atoms with Crippen molar-refractivity contribution in [3.8, 4) is 11.5 Å². The lowest BCUT2D eigenvalue weighted by atomic mass is 9.96. The highest BCUT2D eigenvalue weighted by molar-refractivity contribution is 5.79. The molecule has 1 aromatic rings. The van der Waals surface area contributed by atoms with E-state index >= 15 is 0 Å². The fourth-order valence-electron chi connectivity index (χ4n) is 3.05. The Bertz CT molecular complexity index is 606. The molecule has 0 atom stereocenters. The van der Waals surface area contributed by atoms with Gasteiger partial charge in [0.2, 0.25) is 6.79 Å². The normalized spacial score (nSPS) is 21.2. The number of guanidine groups is 1. The summed E-state index contributed by atoms with van der Waals surface area (Å²) in [5, 5.41) is 6.82. The highest BCUT2D eigenvalue weighted by atomic mass is 16.7. The van der Waals surface area contributed by atoms with Gasteiger partial charge in [-0.2, -0.15) is 0 Å². The molecule has 1 aromatic carbocycles. The minimum Gasteiger partial charge on any atom is -0.454 e. The quantitative estimate of drug-likeness (QED) is 0.625. The van der Waals surface area contributed by atoms with Crippen LogP contribution in [0.3, 0.4) is 0 Å². The number of ether oxygens (including phenoxy) is 2. The van der Waals surface area contributed by atoms with Crippen LogP contribution in [-0.4, -0.2) is 32.4 Å². The number of aliphatic imine (C=N–C) groups is 1. The molecule has 124 valence electrons. The molecule has 23 heavy (non-hydrogen) atoms. The van der Waals surface area contributed by atoms with Crippen molar-refractivity contribution >= 4 is 5.96 Å². The zero-order chi connectivity index (χ0) is 15.7. The second-order valence-corrected chi connectivity index (χ2v) is 6.87. The number of benzene rings is 1. The smallest absolute Gasteiger partial charge is 0.231 e. The van der Waals surface area contributed by atoms with E-state index in [4.69, 9.17) is 14.5 Å². The van der Waals surface area contributed by atoms with E-state index in [1.807, 2.05) is 6.07 Å². The van der Waals surface area contributed by atoms with Crippen LogP contribution in [-0.2, 0) is 5.41 Å². The summed E-state index contributed by atoms with van der Waals surface area (Å²) in [7, 11) is 0. The van der Waals surface area contributed by atoms with Gasteiger partial charge in [-0.25, -0.2) is 0 Å². The van der Waals surface area contributed by atoms with Crippen LogP contribution in [0.25, 0.3) is 0 Å². The summed E-state index contributed by atoms with van der Waals surface area (Å²) in [6.45, 7) is 5.21. The van der Waals surface area contributed by atoms with Gasteiger partial charge in [0.15, 0.2) is 17.5 Å². The molecule has 0 spiro atoms. The number of rotatable bonds is 6. The third kappa shape index (κ3) is 3.23. The molecule has 0 radical (unpaired) electrons. The van der Waals surface area contributed by atoms with Gasteiger partial charge >= 0.3 is 0 Å². The van der Waals surface area contributed by atoms with Gasteiger partial charge in [0.05, 0.1) is 6.54 Å². The molecular weight excluding hydrogens is 290 g/mol. The van der Waals surface area contributed by atoms with Gasteiger partial charge in [0.25, 0.3) is 0 Å². The predicted molar refractivity (Wildman–Crippen MR) is 90.2 cm³/mol. The molecule has 2 N–H and O–H groups in total. The Morgan fingerprint density at radius 2 is 2.04 bits per heavy atom. The Balaban J connectivity index is 1.44. The summed E-state index contributed by atoms with van der Waals surface area (Å²) in [6.07, 6.45) is 5.09. The monoisotopic (exact) mass is 315 g/mol. The highest BCUT2D eigenvalue weighted by Gasteiger charge is 2.44. The van der Waals surface area contributed by atoms with Gasteiger partial charge in [-0.1, -0.05) is 6.07 Å². The Morgan fingerprint density at radius 1 is 1.22 bits per heavy atom. The van der Waals surface area contributed by atoms with Crippen molar-refractivity contribution < 1.29 is 9.47 Å². The molecule has 5 nitrogen and oxygen atoms in total. The van der Waals surface area contributed by atoms with E-state index in [1.165, 1.54) is 31.2 Å². The Hall–Kier alpha value is -1.91. The van der Waals surface area contributed by atoms with E-state index in [2.05, 4.69) is 29.7 Å². The topological polar surface area (TPSA) is 54.9 Å². The molecule has 3 aliphatic rings. The predicted octanol–water partition coefficient (Wildman–Crippen LogP) is 2.41. The molecule has 1 aliphatic heterocycles. The van der Waals surface area contributed by atoms with E-state index in [0.717, 1.165) is 43.0 Å². The van der Waals surface area contributed by atoms with Crippen molar-refractivity contribution in [1.29, 1.82) is 0 Å². The van der Waals surface area contributed by atoms with Crippen LogP contribution < -0.4 is 20.1 Å². The van der Waals surface area contributed by atoms with Gasteiger partial charge in [0.1, 0.15) is 0 Å². The minimum absolute atomic E-state index is 0.183. The lowest BCUT2D eigenvalue weighted by molar-refractivity contribution is 0.174. The van der Waals surface area contributed by atoms with Crippen LogP contribution >= 0.6 is 0 Å². The maximum absolute atomic E-state index is 5.52. The maximum atomic E-state index is 5.52. The first-order valence-electron chi connectivity index (χ1n) is 8.71. The summed E-state index contributed by atoms with van der Waals surface area (Å²) < 4.78 is 10.9. The first-order chi connectivity index (χ1) is 11.3. The zero-order valence-electron chi connectivity index (χ0n) is 13.7. The minimum atomic E-state index is 0.183. The molecule has 0 saturated heterocycles. The number of hydrogen-bond acceptors (Lipinski definition) is 3. The average Bonchev–Trinajstić information content (AvgIpc) is 3.49. The standard InChI is InChI=1S/C18H25N3O2/c1-2-19-17(20-10-13-3-4-13)21-11-18(7-8-18)14-5-6-15-16(9-14)23-12-22-15/h5-6,9,13H,2-4,7-8,10-12H2,1H3,(H2,19,20,21). The van der Waals surface area contributed by atoms with Gasteiger partial charge in [-0.15, -0.1) is 0 Å². The second-order valence-electron chi connectivity index (χ2n) is 6.87. The van der Waals surface area contributed by atoms with Crippen LogP contribution in [0.4, 0.5) is 0 Å². The summed E-state index contributed by atoms with van der Waals surface area (Å²) in [5.74, 6) is 3.53. The fraction of sp³-hybridized carbons (Fsp3) is 0.611. The molecule has 4 rings (SSSR count). The molecule has 1 heterocycles. The summed E-state index contributed by atoms with van der Waals surface area (Å²) >= 11 is 0. The molecule has 0 aromatic heterocycles. The van der Waals surface area contributed by atoms with Crippen molar-refractivity contribution in [2.75, 3.05) is 26.4 Å². The molecule has 2 aliphatic carbocycles. The lowest BCUT2D eigenvalue weighted by Gasteiger charge is -2.16. The number of nitrogens with zero attached hydrogens (tertiary/aromatic N) is 1. The number of fused-ring (bicyclic) bond motifs is 1. The molecule has 5 heteroatoms.